The Bertz CT molecular complexity index is 512. The summed E-state index contributed by atoms with van der Waals surface area (Å²) in [5.74, 6) is 1.55. The Balaban J connectivity index is 0.000000481. The van der Waals surface area contributed by atoms with Crippen LogP contribution in [0.25, 0.3) is 0 Å². The van der Waals surface area contributed by atoms with E-state index in [2.05, 4.69) is 138 Å². The predicted molar refractivity (Wildman–Crippen MR) is 152 cm³/mol. The van der Waals surface area contributed by atoms with Crippen LogP contribution in [0.15, 0.2) is 0 Å². The van der Waals surface area contributed by atoms with Crippen LogP contribution in [-0.4, -0.2) is 24.4 Å². The second kappa shape index (κ2) is 10.7. The number of rotatable bonds is 1. The highest BCUT2D eigenvalue weighted by atomic mass is 16.6. The Kier molecular flexibility index (Phi) is 10.7. The molecule has 2 saturated heterocycles. The van der Waals surface area contributed by atoms with E-state index >= 15 is 0 Å². The van der Waals surface area contributed by atoms with Crippen LogP contribution < -0.4 is 0 Å². The largest absolute Gasteiger partial charge is 0.368 e. The molecule has 6 unspecified atom stereocenters. The predicted octanol–water partition coefficient (Wildman–Crippen LogP) is 10.0. The molecular formula is C32H66O2. The van der Waals surface area contributed by atoms with Gasteiger partial charge in [0.2, 0.25) is 0 Å². The number of ether oxygens (including phenoxy) is 2. The highest BCUT2D eigenvalue weighted by Gasteiger charge is 2.53. The molecular weight excluding hydrogens is 416 g/mol. The van der Waals surface area contributed by atoms with E-state index in [1.807, 2.05) is 0 Å². The molecule has 0 aliphatic carbocycles. The van der Waals surface area contributed by atoms with Crippen LogP contribution in [0.3, 0.4) is 0 Å². The van der Waals surface area contributed by atoms with E-state index in [1.54, 1.807) is 0 Å². The highest BCUT2D eigenvalue weighted by Crippen LogP contribution is 2.47. The van der Waals surface area contributed by atoms with Gasteiger partial charge in [-0.3, -0.25) is 0 Å². The van der Waals surface area contributed by atoms with Crippen molar-refractivity contribution in [2.45, 2.75) is 163 Å². The summed E-state index contributed by atoms with van der Waals surface area (Å²) in [5.41, 5.74) is 2.14. The van der Waals surface area contributed by atoms with Gasteiger partial charge in [-0.2, -0.15) is 0 Å². The van der Waals surface area contributed by atoms with Gasteiger partial charge in [0, 0.05) is 0 Å². The molecule has 2 aliphatic rings. The van der Waals surface area contributed by atoms with Gasteiger partial charge < -0.3 is 9.47 Å². The molecule has 206 valence electrons. The lowest BCUT2D eigenvalue weighted by Crippen LogP contribution is -2.32. The Morgan fingerprint density at radius 2 is 0.500 bits per heavy atom. The minimum Gasteiger partial charge on any atom is -0.368 e. The second-order valence-corrected chi connectivity index (χ2v) is 17.7. The average Bonchev–Trinajstić information content (AvgIpc) is 3.41. The Morgan fingerprint density at radius 1 is 0.353 bits per heavy atom. The molecule has 0 aromatic rings. The van der Waals surface area contributed by atoms with E-state index in [0.717, 1.165) is 11.8 Å². The smallest absolute Gasteiger partial charge is 0.0895 e. The van der Waals surface area contributed by atoms with Crippen molar-refractivity contribution in [2.24, 2.45) is 44.3 Å². The normalized spacial score (nSPS) is 27.5. The van der Waals surface area contributed by atoms with Crippen molar-refractivity contribution >= 4 is 0 Å². The molecule has 0 aromatic heterocycles. The van der Waals surface area contributed by atoms with E-state index in [1.165, 1.54) is 0 Å². The summed E-state index contributed by atoms with van der Waals surface area (Å²) in [6.45, 7) is 45.6. The molecule has 0 aromatic carbocycles. The summed E-state index contributed by atoms with van der Waals surface area (Å²) in [7, 11) is 0. The van der Waals surface area contributed by atoms with Crippen LogP contribution in [0, 0.1) is 44.3 Å². The standard InChI is InChI=1S/C12H26.2C10H20O/c1-9(11(3,4)5)10(2)12(6,7)8;2*1-9(2,3)7-8(11-7)10(4,5)6/h9-10H,1-8H3;2*7-8H,1-6H3. The molecule has 0 radical (unpaired) electrons. The average molecular weight is 483 g/mol. The van der Waals surface area contributed by atoms with Crippen molar-refractivity contribution in [1.82, 2.24) is 0 Å². The number of epoxide rings is 2. The SMILES string of the molecule is CC(C(C)C(C)(C)C)C(C)(C)C.CC(C)(C)C1OC1C(C)(C)C.CC(C)(C)C1OC1C(C)(C)C. The molecule has 2 fully saturated rings. The lowest BCUT2D eigenvalue weighted by molar-refractivity contribution is 0.0992. The molecule has 0 spiro atoms. The van der Waals surface area contributed by atoms with Gasteiger partial charge in [-0.1, -0.05) is 138 Å². The van der Waals surface area contributed by atoms with Crippen LogP contribution in [0.5, 0.6) is 0 Å². The zero-order valence-electron chi connectivity index (χ0n) is 27.3. The maximum atomic E-state index is 5.65. The molecule has 6 atom stereocenters. The molecule has 0 saturated carbocycles. The van der Waals surface area contributed by atoms with Crippen LogP contribution in [-0.2, 0) is 9.47 Å². The zero-order valence-corrected chi connectivity index (χ0v) is 27.3. The van der Waals surface area contributed by atoms with Gasteiger partial charge in [0.05, 0.1) is 24.4 Å². The third-order valence-corrected chi connectivity index (χ3v) is 7.88. The van der Waals surface area contributed by atoms with Gasteiger partial charge in [-0.15, -0.1) is 0 Å². The van der Waals surface area contributed by atoms with E-state index in [0.29, 0.717) is 56.9 Å². The molecule has 2 heterocycles. The van der Waals surface area contributed by atoms with E-state index in [4.69, 9.17) is 9.47 Å². The fraction of sp³-hybridized carbons (Fsp3) is 1.00. The third kappa shape index (κ3) is 11.3. The van der Waals surface area contributed by atoms with Crippen LogP contribution >= 0.6 is 0 Å². The minimum atomic E-state index is 0.317. The van der Waals surface area contributed by atoms with Gasteiger partial charge in [0.1, 0.15) is 0 Å². The number of hydrogen-bond donors (Lipinski definition) is 0. The van der Waals surface area contributed by atoms with Gasteiger partial charge in [0.15, 0.2) is 0 Å². The fourth-order valence-corrected chi connectivity index (χ4v) is 4.36. The second-order valence-electron chi connectivity index (χ2n) is 17.7. The maximum absolute atomic E-state index is 5.65. The summed E-state index contributed by atoms with van der Waals surface area (Å²) in [6.07, 6.45) is 1.90. The monoisotopic (exact) mass is 483 g/mol. The van der Waals surface area contributed by atoms with E-state index in [-0.39, 0.29) is 0 Å². The van der Waals surface area contributed by atoms with Crippen LogP contribution in [0.2, 0.25) is 0 Å². The van der Waals surface area contributed by atoms with Crippen molar-refractivity contribution in [1.29, 1.82) is 0 Å². The first-order valence-corrected chi connectivity index (χ1v) is 13.8. The first-order valence-electron chi connectivity index (χ1n) is 13.8. The van der Waals surface area contributed by atoms with Crippen LogP contribution in [0.1, 0.15) is 138 Å². The molecule has 0 bridgehead atoms. The Hall–Kier alpha value is -0.0800. The van der Waals surface area contributed by atoms with Gasteiger partial charge >= 0.3 is 0 Å². The van der Waals surface area contributed by atoms with E-state index < -0.39 is 0 Å². The maximum Gasteiger partial charge on any atom is 0.0895 e. The van der Waals surface area contributed by atoms with Crippen molar-refractivity contribution in [3.05, 3.63) is 0 Å². The summed E-state index contributed by atoms with van der Waals surface area (Å²) in [4.78, 5) is 0. The highest BCUT2D eigenvalue weighted by molar-refractivity contribution is 5.00. The number of hydrogen-bond acceptors (Lipinski definition) is 2. The van der Waals surface area contributed by atoms with Crippen molar-refractivity contribution in [3.8, 4) is 0 Å². The lowest BCUT2D eigenvalue weighted by atomic mass is 9.66. The van der Waals surface area contributed by atoms with Gasteiger partial charge in [-0.25, -0.2) is 0 Å². The Morgan fingerprint density at radius 3 is 0.559 bits per heavy atom. The van der Waals surface area contributed by atoms with Crippen LogP contribution in [0.4, 0.5) is 0 Å². The summed E-state index contributed by atoms with van der Waals surface area (Å²) < 4.78 is 11.3. The molecule has 34 heavy (non-hydrogen) atoms. The first-order chi connectivity index (χ1) is 14.5. The quantitative estimate of drug-likeness (QED) is 0.347. The Labute approximate surface area is 216 Å². The zero-order chi connectivity index (χ0) is 27.9. The minimum absolute atomic E-state index is 0.317. The molecule has 0 N–H and O–H groups in total. The lowest BCUT2D eigenvalue weighted by Gasteiger charge is -2.39. The first kappa shape index (κ1) is 33.9. The van der Waals surface area contributed by atoms with Gasteiger partial charge in [0.25, 0.3) is 0 Å². The third-order valence-electron chi connectivity index (χ3n) is 7.88. The van der Waals surface area contributed by atoms with Crippen molar-refractivity contribution in [3.63, 3.8) is 0 Å². The molecule has 0 amide bonds. The topological polar surface area (TPSA) is 25.1 Å². The van der Waals surface area contributed by atoms with Crippen molar-refractivity contribution < 1.29 is 9.47 Å². The molecule has 2 aliphatic heterocycles. The summed E-state index contributed by atoms with van der Waals surface area (Å²) in [5, 5.41) is 0. The van der Waals surface area contributed by atoms with Gasteiger partial charge in [-0.05, 0) is 44.3 Å². The fourth-order valence-electron chi connectivity index (χ4n) is 4.36. The van der Waals surface area contributed by atoms with Crippen molar-refractivity contribution in [2.75, 3.05) is 0 Å². The molecule has 2 rings (SSSR count). The summed E-state index contributed by atoms with van der Waals surface area (Å²) >= 11 is 0. The molecule has 2 heteroatoms. The summed E-state index contributed by atoms with van der Waals surface area (Å²) in [6, 6.07) is 0. The van der Waals surface area contributed by atoms with E-state index in [9.17, 15) is 0 Å². The molecule has 2 nitrogen and oxygen atoms in total.